The van der Waals surface area contributed by atoms with E-state index in [1.165, 1.54) is 29.8 Å². The summed E-state index contributed by atoms with van der Waals surface area (Å²) in [6.45, 7) is 12.3. The van der Waals surface area contributed by atoms with Crippen LogP contribution < -0.4 is 5.32 Å². The van der Waals surface area contributed by atoms with E-state index in [1.807, 2.05) is 5.51 Å². The molecule has 0 fully saturated rings. The highest BCUT2D eigenvalue weighted by Gasteiger charge is 2.22. The van der Waals surface area contributed by atoms with Crippen LogP contribution in [-0.2, 0) is 6.42 Å². The molecule has 0 aromatic carbocycles. The van der Waals surface area contributed by atoms with Gasteiger partial charge in [-0.05, 0) is 31.6 Å². The predicted molar refractivity (Wildman–Crippen MR) is 76.7 cm³/mol. The average Bonchev–Trinajstić information content (AvgIpc) is 2.70. The van der Waals surface area contributed by atoms with Crippen molar-refractivity contribution in [1.29, 1.82) is 0 Å². The van der Waals surface area contributed by atoms with Gasteiger partial charge in [-0.15, -0.1) is 11.3 Å². The van der Waals surface area contributed by atoms with Crippen LogP contribution in [0, 0.1) is 12.3 Å². The van der Waals surface area contributed by atoms with Crippen LogP contribution in [-0.4, -0.2) is 17.6 Å². The molecule has 17 heavy (non-hydrogen) atoms. The fourth-order valence-corrected chi connectivity index (χ4v) is 2.60. The third kappa shape index (κ3) is 4.76. The van der Waals surface area contributed by atoms with Gasteiger partial charge >= 0.3 is 0 Å². The molecule has 0 spiro atoms. The summed E-state index contributed by atoms with van der Waals surface area (Å²) in [5.41, 5.74) is 3.58. The third-order valence-electron chi connectivity index (χ3n) is 3.59. The number of thiazole rings is 1. The lowest BCUT2D eigenvalue weighted by Crippen LogP contribution is -2.35. The molecule has 0 bridgehead atoms. The first-order valence-electron chi connectivity index (χ1n) is 6.59. The number of aromatic nitrogens is 1. The molecular weight excluding hydrogens is 228 g/mol. The maximum Gasteiger partial charge on any atom is 0.0797 e. The molecule has 0 aliphatic rings. The second-order valence-corrected chi connectivity index (χ2v) is 6.50. The molecule has 1 N–H and O–H groups in total. The van der Waals surface area contributed by atoms with Crippen LogP contribution in [0.4, 0.5) is 0 Å². The molecule has 0 aliphatic carbocycles. The first kappa shape index (κ1) is 14.7. The van der Waals surface area contributed by atoms with E-state index in [2.05, 4.69) is 44.9 Å². The SMILES string of the molecule is CCC(C)(CCc1scnc1C)CNC(C)C. The molecule has 1 aromatic rings. The highest BCUT2D eigenvalue weighted by Crippen LogP contribution is 2.28. The van der Waals surface area contributed by atoms with E-state index in [1.54, 1.807) is 11.3 Å². The van der Waals surface area contributed by atoms with Crippen LogP contribution in [0.15, 0.2) is 5.51 Å². The predicted octanol–water partition coefficient (Wildman–Crippen LogP) is 3.80. The normalized spacial score (nSPS) is 15.2. The number of hydrogen-bond acceptors (Lipinski definition) is 3. The second-order valence-electron chi connectivity index (χ2n) is 5.56. The van der Waals surface area contributed by atoms with Gasteiger partial charge in [-0.2, -0.15) is 0 Å². The Balaban J connectivity index is 2.48. The van der Waals surface area contributed by atoms with E-state index in [0.29, 0.717) is 11.5 Å². The maximum atomic E-state index is 4.32. The van der Waals surface area contributed by atoms with Crippen LogP contribution in [0.3, 0.4) is 0 Å². The van der Waals surface area contributed by atoms with E-state index < -0.39 is 0 Å². The first-order chi connectivity index (χ1) is 7.97. The fraction of sp³-hybridized carbons (Fsp3) is 0.786. The van der Waals surface area contributed by atoms with Gasteiger partial charge in [0.15, 0.2) is 0 Å². The molecule has 0 amide bonds. The minimum absolute atomic E-state index is 0.403. The molecule has 98 valence electrons. The van der Waals surface area contributed by atoms with Crippen LogP contribution in [0.5, 0.6) is 0 Å². The van der Waals surface area contributed by atoms with E-state index in [-0.39, 0.29) is 0 Å². The van der Waals surface area contributed by atoms with Gasteiger partial charge in [0, 0.05) is 17.5 Å². The van der Waals surface area contributed by atoms with Crippen molar-refractivity contribution in [3.63, 3.8) is 0 Å². The molecule has 0 aliphatic heterocycles. The summed E-state index contributed by atoms with van der Waals surface area (Å²) < 4.78 is 0. The minimum atomic E-state index is 0.403. The van der Waals surface area contributed by atoms with E-state index in [9.17, 15) is 0 Å². The molecule has 1 atom stereocenters. The van der Waals surface area contributed by atoms with Gasteiger partial charge < -0.3 is 5.32 Å². The number of rotatable bonds is 7. The first-order valence-corrected chi connectivity index (χ1v) is 7.47. The summed E-state index contributed by atoms with van der Waals surface area (Å²) >= 11 is 1.79. The van der Waals surface area contributed by atoms with Crippen LogP contribution in [0.25, 0.3) is 0 Å². The zero-order chi connectivity index (χ0) is 12.9. The van der Waals surface area contributed by atoms with Crippen molar-refractivity contribution < 1.29 is 0 Å². The molecule has 1 rings (SSSR count). The van der Waals surface area contributed by atoms with E-state index in [4.69, 9.17) is 0 Å². The molecule has 1 aromatic heterocycles. The van der Waals surface area contributed by atoms with Gasteiger partial charge in [-0.1, -0.05) is 27.7 Å². The largest absolute Gasteiger partial charge is 0.314 e. The van der Waals surface area contributed by atoms with Crippen molar-refractivity contribution in [2.45, 2.75) is 59.9 Å². The second kappa shape index (κ2) is 6.50. The van der Waals surface area contributed by atoms with Crippen molar-refractivity contribution in [1.82, 2.24) is 10.3 Å². The Morgan fingerprint density at radius 3 is 2.65 bits per heavy atom. The fourth-order valence-electron chi connectivity index (χ4n) is 1.82. The van der Waals surface area contributed by atoms with Crippen LogP contribution in [0.2, 0.25) is 0 Å². The Morgan fingerprint density at radius 2 is 2.18 bits per heavy atom. The van der Waals surface area contributed by atoms with Gasteiger partial charge in [0.1, 0.15) is 0 Å². The van der Waals surface area contributed by atoms with Gasteiger partial charge in [0.25, 0.3) is 0 Å². The molecule has 1 unspecified atom stereocenters. The molecule has 3 heteroatoms. The van der Waals surface area contributed by atoms with Crippen molar-refractivity contribution in [3.05, 3.63) is 16.1 Å². The Kier molecular flexibility index (Phi) is 5.60. The highest BCUT2D eigenvalue weighted by atomic mass is 32.1. The lowest BCUT2D eigenvalue weighted by atomic mass is 9.82. The highest BCUT2D eigenvalue weighted by molar-refractivity contribution is 7.09. The Labute approximate surface area is 110 Å². The van der Waals surface area contributed by atoms with Crippen molar-refractivity contribution >= 4 is 11.3 Å². The summed E-state index contributed by atoms with van der Waals surface area (Å²) in [6, 6.07) is 0.575. The molecule has 2 nitrogen and oxygen atoms in total. The molecule has 0 radical (unpaired) electrons. The van der Waals surface area contributed by atoms with Crippen molar-refractivity contribution in [2.24, 2.45) is 5.41 Å². The summed E-state index contributed by atoms with van der Waals surface area (Å²) in [5.74, 6) is 0. The number of nitrogens with zero attached hydrogens (tertiary/aromatic N) is 1. The number of aryl methyl sites for hydroxylation is 2. The summed E-state index contributed by atoms with van der Waals surface area (Å²) in [5, 5.41) is 3.57. The van der Waals surface area contributed by atoms with Gasteiger partial charge in [-0.3, -0.25) is 0 Å². The smallest absolute Gasteiger partial charge is 0.0797 e. The van der Waals surface area contributed by atoms with E-state index >= 15 is 0 Å². The van der Waals surface area contributed by atoms with Crippen LogP contribution >= 0.6 is 11.3 Å². The molecule has 0 saturated carbocycles. The van der Waals surface area contributed by atoms with Crippen molar-refractivity contribution in [3.8, 4) is 0 Å². The van der Waals surface area contributed by atoms with Crippen molar-refractivity contribution in [2.75, 3.05) is 6.54 Å². The molecule has 1 heterocycles. The van der Waals surface area contributed by atoms with Gasteiger partial charge in [0.05, 0.1) is 11.2 Å². The minimum Gasteiger partial charge on any atom is -0.314 e. The topological polar surface area (TPSA) is 24.9 Å². The average molecular weight is 254 g/mol. The zero-order valence-corrected chi connectivity index (χ0v) is 12.7. The molecular formula is C14H26N2S. The molecule has 0 saturated heterocycles. The van der Waals surface area contributed by atoms with E-state index in [0.717, 1.165) is 6.54 Å². The third-order valence-corrected chi connectivity index (χ3v) is 4.59. The Morgan fingerprint density at radius 1 is 1.47 bits per heavy atom. The Hall–Kier alpha value is -0.410. The lowest BCUT2D eigenvalue weighted by Gasteiger charge is -2.29. The lowest BCUT2D eigenvalue weighted by molar-refractivity contribution is 0.262. The maximum absolute atomic E-state index is 4.32. The Bertz CT molecular complexity index is 333. The summed E-state index contributed by atoms with van der Waals surface area (Å²) in [7, 11) is 0. The zero-order valence-electron chi connectivity index (χ0n) is 11.8. The monoisotopic (exact) mass is 254 g/mol. The number of hydrogen-bond donors (Lipinski definition) is 1. The van der Waals surface area contributed by atoms with Gasteiger partial charge in [-0.25, -0.2) is 4.98 Å². The summed E-state index contributed by atoms with van der Waals surface area (Å²) in [4.78, 5) is 5.77. The summed E-state index contributed by atoms with van der Waals surface area (Å²) in [6.07, 6.45) is 3.64. The standard InChI is InChI=1S/C14H26N2S/c1-6-14(5,9-15-11(2)3)8-7-13-12(4)16-10-17-13/h10-11,15H,6-9H2,1-5H3. The quantitative estimate of drug-likeness (QED) is 0.800. The van der Waals surface area contributed by atoms with Gasteiger partial charge in [0.2, 0.25) is 0 Å². The number of nitrogens with one attached hydrogen (secondary N) is 1. The van der Waals surface area contributed by atoms with Crippen LogP contribution in [0.1, 0.15) is 51.1 Å².